The van der Waals surface area contributed by atoms with Gasteiger partial charge in [0, 0.05) is 12.0 Å². The highest BCUT2D eigenvalue weighted by atomic mass is 79.9. The van der Waals surface area contributed by atoms with Crippen LogP contribution >= 0.6 is 40.7 Å². The summed E-state index contributed by atoms with van der Waals surface area (Å²) in [5.74, 6) is 0. The summed E-state index contributed by atoms with van der Waals surface area (Å²) in [4.78, 5) is 0. The highest BCUT2D eigenvalue weighted by Crippen LogP contribution is 2.48. The van der Waals surface area contributed by atoms with Crippen LogP contribution < -0.4 is 11.1 Å². The summed E-state index contributed by atoms with van der Waals surface area (Å²) in [6.45, 7) is 3.14. The second-order valence-electron chi connectivity index (χ2n) is 4.63. The van der Waals surface area contributed by atoms with Gasteiger partial charge in [0.2, 0.25) is 0 Å². The number of hydrogen-bond donors (Lipinski definition) is 2. The number of nitrogens with zero attached hydrogens (tertiary/aromatic N) is 2. The SMILES string of the molecule is Cl.Cl.N[C@@H]1c2c(Br)cnn2CC12CCNCC2. The third kappa shape index (κ3) is 2.24. The van der Waals surface area contributed by atoms with Crippen molar-refractivity contribution in [2.24, 2.45) is 11.1 Å². The van der Waals surface area contributed by atoms with E-state index in [1.54, 1.807) is 0 Å². The Morgan fingerprint density at radius 2 is 2.06 bits per heavy atom. The van der Waals surface area contributed by atoms with Crippen molar-refractivity contribution >= 4 is 40.7 Å². The fraction of sp³-hybridized carbons (Fsp3) is 0.700. The van der Waals surface area contributed by atoms with Gasteiger partial charge in [-0.3, -0.25) is 4.68 Å². The van der Waals surface area contributed by atoms with E-state index >= 15 is 0 Å². The number of rotatable bonds is 0. The standard InChI is InChI=1S/C10H15BrN4.2ClH/c11-7-5-14-15-6-10(9(12)8(7)15)1-3-13-4-2-10;;/h5,9,13H,1-4,6,12H2;2*1H/t9-;;/m1../s1. The maximum atomic E-state index is 6.38. The van der Waals surface area contributed by atoms with Crippen molar-refractivity contribution in [3.8, 4) is 0 Å². The fourth-order valence-electron chi connectivity index (χ4n) is 2.89. The van der Waals surface area contributed by atoms with Crippen molar-refractivity contribution in [2.75, 3.05) is 13.1 Å². The predicted molar refractivity (Wildman–Crippen MR) is 75.9 cm³/mol. The van der Waals surface area contributed by atoms with Crippen molar-refractivity contribution in [1.82, 2.24) is 15.1 Å². The average molecular weight is 344 g/mol. The van der Waals surface area contributed by atoms with Crippen molar-refractivity contribution in [3.05, 3.63) is 16.4 Å². The summed E-state index contributed by atoms with van der Waals surface area (Å²) in [5.41, 5.74) is 7.81. The second kappa shape index (κ2) is 5.45. The van der Waals surface area contributed by atoms with Crippen LogP contribution in [0.3, 0.4) is 0 Å². The smallest absolute Gasteiger partial charge is 0.0700 e. The molecule has 17 heavy (non-hydrogen) atoms. The van der Waals surface area contributed by atoms with Gasteiger partial charge in [-0.15, -0.1) is 24.8 Å². The van der Waals surface area contributed by atoms with Gasteiger partial charge in [0.25, 0.3) is 0 Å². The van der Waals surface area contributed by atoms with Crippen molar-refractivity contribution in [3.63, 3.8) is 0 Å². The first kappa shape index (κ1) is 15.2. The summed E-state index contributed by atoms with van der Waals surface area (Å²) in [6.07, 6.45) is 4.16. The quantitative estimate of drug-likeness (QED) is 0.756. The third-order valence-corrected chi connectivity index (χ3v) is 4.46. The molecule has 3 rings (SSSR count). The molecule has 0 aliphatic carbocycles. The molecule has 4 nitrogen and oxygen atoms in total. The van der Waals surface area contributed by atoms with E-state index in [2.05, 4.69) is 31.0 Å². The Hall–Kier alpha value is 0.190. The van der Waals surface area contributed by atoms with Crippen molar-refractivity contribution < 1.29 is 0 Å². The number of nitrogens with one attached hydrogen (secondary N) is 1. The Kier molecular flexibility index (Phi) is 4.88. The van der Waals surface area contributed by atoms with Gasteiger partial charge in [0.15, 0.2) is 0 Å². The van der Waals surface area contributed by atoms with E-state index in [1.807, 2.05) is 6.20 Å². The van der Waals surface area contributed by atoms with Gasteiger partial charge in [-0.2, -0.15) is 5.10 Å². The molecule has 1 atom stereocenters. The Morgan fingerprint density at radius 1 is 1.41 bits per heavy atom. The van der Waals surface area contributed by atoms with E-state index in [-0.39, 0.29) is 36.3 Å². The van der Waals surface area contributed by atoms with Crippen LogP contribution in [0.15, 0.2) is 10.7 Å². The number of nitrogens with two attached hydrogens (primary N) is 1. The van der Waals surface area contributed by atoms with E-state index in [0.29, 0.717) is 0 Å². The number of hydrogen-bond acceptors (Lipinski definition) is 3. The minimum atomic E-state index is 0. The van der Waals surface area contributed by atoms with Gasteiger partial charge in [0.1, 0.15) is 0 Å². The molecule has 1 fully saturated rings. The van der Waals surface area contributed by atoms with Crippen LogP contribution in [0.25, 0.3) is 0 Å². The van der Waals surface area contributed by atoms with Gasteiger partial charge >= 0.3 is 0 Å². The molecule has 3 heterocycles. The number of piperidine rings is 1. The molecule has 0 amide bonds. The first-order valence-corrected chi connectivity index (χ1v) is 6.20. The lowest BCUT2D eigenvalue weighted by atomic mass is 9.74. The molecule has 1 aromatic rings. The Balaban J connectivity index is 0.000000722. The van der Waals surface area contributed by atoms with Crippen LogP contribution in [0.5, 0.6) is 0 Å². The van der Waals surface area contributed by atoms with E-state index in [1.165, 1.54) is 5.69 Å². The minimum Gasteiger partial charge on any atom is -0.322 e. The zero-order valence-corrected chi connectivity index (χ0v) is 12.6. The third-order valence-electron chi connectivity index (χ3n) is 3.85. The normalized spacial score (nSPS) is 24.9. The summed E-state index contributed by atoms with van der Waals surface area (Å²) in [5, 5.41) is 7.76. The highest BCUT2D eigenvalue weighted by Gasteiger charge is 2.46. The zero-order chi connectivity index (χ0) is 10.5. The van der Waals surface area contributed by atoms with E-state index < -0.39 is 0 Å². The lowest BCUT2D eigenvalue weighted by molar-refractivity contribution is 0.158. The molecule has 0 radical (unpaired) electrons. The molecule has 0 unspecified atom stereocenters. The van der Waals surface area contributed by atoms with Crippen molar-refractivity contribution in [2.45, 2.75) is 25.4 Å². The van der Waals surface area contributed by atoms with Crippen LogP contribution in [0.4, 0.5) is 0 Å². The van der Waals surface area contributed by atoms with Gasteiger partial charge < -0.3 is 11.1 Å². The lowest BCUT2D eigenvalue weighted by Gasteiger charge is -2.36. The Morgan fingerprint density at radius 3 is 2.65 bits per heavy atom. The fourth-order valence-corrected chi connectivity index (χ4v) is 3.43. The summed E-state index contributed by atoms with van der Waals surface area (Å²) < 4.78 is 3.13. The first-order chi connectivity index (χ1) is 7.23. The Bertz CT molecular complexity index is 390. The molecule has 98 valence electrons. The van der Waals surface area contributed by atoms with Gasteiger partial charge in [-0.05, 0) is 41.9 Å². The monoisotopic (exact) mass is 342 g/mol. The van der Waals surface area contributed by atoms with Crippen LogP contribution in [0, 0.1) is 5.41 Å². The molecule has 0 saturated carbocycles. The van der Waals surface area contributed by atoms with Gasteiger partial charge in [0.05, 0.1) is 22.4 Å². The molecule has 0 aromatic carbocycles. The van der Waals surface area contributed by atoms with Crippen LogP contribution in [0.1, 0.15) is 24.6 Å². The van der Waals surface area contributed by atoms with Crippen LogP contribution in [-0.4, -0.2) is 22.9 Å². The molecule has 0 bridgehead atoms. The maximum absolute atomic E-state index is 6.38. The van der Waals surface area contributed by atoms with Gasteiger partial charge in [-0.1, -0.05) is 0 Å². The topological polar surface area (TPSA) is 55.9 Å². The highest BCUT2D eigenvalue weighted by molar-refractivity contribution is 9.10. The average Bonchev–Trinajstić information content (AvgIpc) is 2.71. The number of halogens is 3. The zero-order valence-electron chi connectivity index (χ0n) is 9.36. The summed E-state index contributed by atoms with van der Waals surface area (Å²) in [6, 6.07) is 0.136. The molecule has 3 N–H and O–H groups in total. The van der Waals surface area contributed by atoms with Gasteiger partial charge in [-0.25, -0.2) is 0 Å². The first-order valence-electron chi connectivity index (χ1n) is 5.40. The minimum absolute atomic E-state index is 0. The van der Waals surface area contributed by atoms with Crippen LogP contribution in [0.2, 0.25) is 0 Å². The Labute approximate surface area is 122 Å². The molecular weight excluding hydrogens is 327 g/mol. The van der Waals surface area contributed by atoms with Crippen LogP contribution in [-0.2, 0) is 6.54 Å². The maximum Gasteiger partial charge on any atom is 0.0700 e. The molecule has 2 aliphatic heterocycles. The second-order valence-corrected chi connectivity index (χ2v) is 5.48. The van der Waals surface area contributed by atoms with Crippen molar-refractivity contribution in [1.29, 1.82) is 0 Å². The number of fused-ring (bicyclic) bond motifs is 1. The molecule has 1 spiro atoms. The molecule has 7 heteroatoms. The molecule has 1 saturated heterocycles. The molecular formula is C10H17BrCl2N4. The predicted octanol–water partition coefficient (Wildman–Crippen LogP) is 1.87. The lowest BCUT2D eigenvalue weighted by Crippen LogP contribution is -2.42. The van der Waals surface area contributed by atoms with E-state index in [4.69, 9.17) is 5.73 Å². The summed E-state index contributed by atoms with van der Waals surface area (Å²) >= 11 is 3.53. The van der Waals surface area contributed by atoms with E-state index in [0.717, 1.165) is 36.9 Å². The molecule has 1 aromatic heterocycles. The van der Waals surface area contributed by atoms with E-state index in [9.17, 15) is 0 Å². The molecule has 2 aliphatic rings. The summed E-state index contributed by atoms with van der Waals surface area (Å²) in [7, 11) is 0. The number of aromatic nitrogens is 2. The largest absolute Gasteiger partial charge is 0.322 e.